The Labute approximate surface area is 124 Å². The molecule has 1 aliphatic rings. The minimum Gasteiger partial charge on any atom is -0.440 e. The molecule has 3 rings (SSSR count). The molecular formula is C13H13N3O2S2. The maximum Gasteiger partial charge on any atom is 0.236 e. The van der Waals surface area contributed by atoms with E-state index in [1.807, 2.05) is 24.4 Å². The lowest BCUT2D eigenvalue weighted by atomic mass is 10.2. The van der Waals surface area contributed by atoms with Gasteiger partial charge in [-0.2, -0.15) is 0 Å². The third kappa shape index (κ3) is 2.94. The fraction of sp³-hybridized carbons (Fsp3) is 0.308. The van der Waals surface area contributed by atoms with Gasteiger partial charge in [0.25, 0.3) is 0 Å². The smallest absolute Gasteiger partial charge is 0.236 e. The summed E-state index contributed by atoms with van der Waals surface area (Å²) >= 11 is 3.13. The number of amides is 1. The summed E-state index contributed by atoms with van der Waals surface area (Å²) in [5.74, 6) is 2.09. The highest BCUT2D eigenvalue weighted by atomic mass is 32.2. The summed E-state index contributed by atoms with van der Waals surface area (Å²) in [5, 5.41) is 5.47. The molecule has 0 bridgehead atoms. The van der Waals surface area contributed by atoms with E-state index in [0.717, 1.165) is 17.2 Å². The SMILES string of the molecule is Cc1oc(-c2cccs2)nc1CC(=O)NC1=NCCS1. The third-order valence-electron chi connectivity index (χ3n) is 2.78. The number of thiophene rings is 1. The lowest BCUT2D eigenvalue weighted by Gasteiger charge is -2.01. The van der Waals surface area contributed by atoms with Gasteiger partial charge in [-0.1, -0.05) is 17.8 Å². The van der Waals surface area contributed by atoms with E-state index in [0.29, 0.717) is 22.5 Å². The first kappa shape index (κ1) is 13.4. The standard InChI is InChI=1S/C13H13N3O2S2/c1-8-9(7-11(17)16-13-14-4-6-20-13)15-12(18-8)10-3-2-5-19-10/h2-3,5H,4,6-7H2,1H3,(H,14,16,17). The van der Waals surface area contributed by atoms with Crippen LogP contribution in [0.25, 0.3) is 10.8 Å². The lowest BCUT2D eigenvalue weighted by molar-refractivity contribution is -0.119. The number of nitrogens with one attached hydrogen (secondary N) is 1. The van der Waals surface area contributed by atoms with Gasteiger partial charge in [-0.15, -0.1) is 11.3 Å². The maximum atomic E-state index is 11.9. The summed E-state index contributed by atoms with van der Waals surface area (Å²) in [7, 11) is 0. The number of hydrogen-bond donors (Lipinski definition) is 1. The predicted octanol–water partition coefficient (Wildman–Crippen LogP) is 2.47. The minimum absolute atomic E-state index is 0.104. The number of aliphatic imine (C=N–C) groups is 1. The number of oxazole rings is 1. The molecule has 1 N–H and O–H groups in total. The highest BCUT2D eigenvalue weighted by Gasteiger charge is 2.17. The molecule has 3 heterocycles. The van der Waals surface area contributed by atoms with Crippen LogP contribution >= 0.6 is 23.1 Å². The average molecular weight is 307 g/mol. The van der Waals surface area contributed by atoms with Crippen molar-refractivity contribution < 1.29 is 9.21 Å². The Hall–Kier alpha value is -1.60. The van der Waals surface area contributed by atoms with Crippen molar-refractivity contribution in [2.45, 2.75) is 13.3 Å². The first-order valence-corrected chi connectivity index (χ1v) is 8.06. The fourth-order valence-electron chi connectivity index (χ4n) is 1.82. The van der Waals surface area contributed by atoms with Gasteiger partial charge in [0.05, 0.1) is 23.5 Å². The van der Waals surface area contributed by atoms with E-state index in [1.165, 1.54) is 0 Å². The number of amidine groups is 1. The zero-order valence-electron chi connectivity index (χ0n) is 10.9. The van der Waals surface area contributed by atoms with Crippen LogP contribution in [-0.2, 0) is 11.2 Å². The first-order chi connectivity index (χ1) is 9.72. The van der Waals surface area contributed by atoms with Crippen LogP contribution in [0.1, 0.15) is 11.5 Å². The van der Waals surface area contributed by atoms with Crippen LogP contribution < -0.4 is 5.32 Å². The number of carbonyl (C=O) groups is 1. The summed E-state index contributed by atoms with van der Waals surface area (Å²) in [6.45, 7) is 2.60. The van der Waals surface area contributed by atoms with Gasteiger partial charge in [-0.25, -0.2) is 4.98 Å². The molecule has 0 saturated heterocycles. The van der Waals surface area contributed by atoms with Crippen molar-refractivity contribution in [3.63, 3.8) is 0 Å². The van der Waals surface area contributed by atoms with E-state index < -0.39 is 0 Å². The average Bonchev–Trinajstić information content (AvgIpc) is 3.12. The molecule has 0 saturated carbocycles. The van der Waals surface area contributed by atoms with Crippen molar-refractivity contribution in [2.24, 2.45) is 4.99 Å². The molecular weight excluding hydrogens is 294 g/mol. The largest absolute Gasteiger partial charge is 0.440 e. The predicted molar refractivity (Wildman–Crippen MR) is 81.2 cm³/mol. The van der Waals surface area contributed by atoms with Gasteiger partial charge in [0, 0.05) is 5.75 Å². The molecule has 2 aromatic heterocycles. The van der Waals surface area contributed by atoms with Gasteiger partial charge in [-0.05, 0) is 18.4 Å². The number of aromatic nitrogens is 1. The second-order valence-electron chi connectivity index (χ2n) is 4.26. The van der Waals surface area contributed by atoms with E-state index >= 15 is 0 Å². The molecule has 0 radical (unpaired) electrons. The van der Waals surface area contributed by atoms with Gasteiger partial charge in [0.15, 0.2) is 5.17 Å². The second kappa shape index (κ2) is 5.80. The molecule has 7 heteroatoms. The Morgan fingerprint density at radius 1 is 1.55 bits per heavy atom. The topological polar surface area (TPSA) is 67.5 Å². The molecule has 2 aromatic rings. The molecule has 104 valence electrons. The maximum absolute atomic E-state index is 11.9. The van der Waals surface area contributed by atoms with Crippen LogP contribution in [0.3, 0.4) is 0 Å². The third-order valence-corrected chi connectivity index (χ3v) is 4.53. The highest BCUT2D eigenvalue weighted by Crippen LogP contribution is 2.26. The molecule has 1 amide bonds. The molecule has 0 aliphatic carbocycles. The zero-order valence-corrected chi connectivity index (χ0v) is 12.5. The number of rotatable bonds is 3. The second-order valence-corrected chi connectivity index (χ2v) is 6.29. The van der Waals surface area contributed by atoms with Crippen LogP contribution in [0, 0.1) is 6.92 Å². The minimum atomic E-state index is -0.104. The van der Waals surface area contributed by atoms with Crippen molar-refractivity contribution in [1.82, 2.24) is 10.3 Å². The fourth-order valence-corrected chi connectivity index (χ4v) is 3.22. The number of nitrogens with zero attached hydrogens (tertiary/aromatic N) is 2. The van der Waals surface area contributed by atoms with Gasteiger partial charge in [0.2, 0.25) is 11.8 Å². The summed E-state index contributed by atoms with van der Waals surface area (Å²) in [6, 6.07) is 3.89. The zero-order chi connectivity index (χ0) is 13.9. The van der Waals surface area contributed by atoms with Crippen molar-refractivity contribution in [3.05, 3.63) is 29.0 Å². The molecule has 0 atom stereocenters. The number of thioether (sulfide) groups is 1. The quantitative estimate of drug-likeness (QED) is 0.946. The highest BCUT2D eigenvalue weighted by molar-refractivity contribution is 8.14. The molecule has 20 heavy (non-hydrogen) atoms. The van der Waals surface area contributed by atoms with Crippen LogP contribution in [-0.4, -0.2) is 28.4 Å². The number of aryl methyl sites for hydroxylation is 1. The molecule has 0 aromatic carbocycles. The van der Waals surface area contributed by atoms with Gasteiger partial charge in [-0.3, -0.25) is 9.79 Å². The normalized spacial score (nSPS) is 14.3. The number of hydrogen-bond acceptors (Lipinski definition) is 6. The van der Waals surface area contributed by atoms with E-state index in [1.54, 1.807) is 23.1 Å². The van der Waals surface area contributed by atoms with Crippen molar-refractivity contribution in [1.29, 1.82) is 0 Å². The lowest BCUT2D eigenvalue weighted by Crippen LogP contribution is -2.29. The molecule has 0 spiro atoms. The number of carbonyl (C=O) groups excluding carboxylic acids is 1. The molecule has 0 unspecified atom stereocenters. The van der Waals surface area contributed by atoms with Crippen LogP contribution in [0.15, 0.2) is 26.9 Å². The summed E-state index contributed by atoms with van der Waals surface area (Å²) in [5.41, 5.74) is 0.675. The van der Waals surface area contributed by atoms with Crippen molar-refractivity contribution >= 4 is 34.2 Å². The van der Waals surface area contributed by atoms with Gasteiger partial charge >= 0.3 is 0 Å². The van der Waals surface area contributed by atoms with Crippen LogP contribution in [0.5, 0.6) is 0 Å². The first-order valence-electron chi connectivity index (χ1n) is 6.19. The summed E-state index contributed by atoms with van der Waals surface area (Å²) in [6.07, 6.45) is 0.209. The Morgan fingerprint density at radius 3 is 3.15 bits per heavy atom. The van der Waals surface area contributed by atoms with Crippen LogP contribution in [0.4, 0.5) is 0 Å². The van der Waals surface area contributed by atoms with E-state index in [9.17, 15) is 4.79 Å². The van der Waals surface area contributed by atoms with E-state index in [2.05, 4.69) is 15.3 Å². The molecule has 1 aliphatic heterocycles. The Balaban J connectivity index is 1.69. The van der Waals surface area contributed by atoms with E-state index in [-0.39, 0.29) is 12.3 Å². The summed E-state index contributed by atoms with van der Waals surface area (Å²) in [4.78, 5) is 21.5. The Kier molecular flexibility index (Phi) is 3.88. The van der Waals surface area contributed by atoms with Gasteiger partial charge in [0.1, 0.15) is 5.76 Å². The summed E-state index contributed by atoms with van der Waals surface area (Å²) < 4.78 is 5.61. The van der Waals surface area contributed by atoms with Crippen molar-refractivity contribution in [3.8, 4) is 10.8 Å². The molecule has 5 nitrogen and oxygen atoms in total. The van der Waals surface area contributed by atoms with Crippen LogP contribution in [0.2, 0.25) is 0 Å². The Morgan fingerprint density at radius 2 is 2.45 bits per heavy atom. The monoisotopic (exact) mass is 307 g/mol. The van der Waals surface area contributed by atoms with Crippen molar-refractivity contribution in [2.75, 3.05) is 12.3 Å². The van der Waals surface area contributed by atoms with Gasteiger partial charge < -0.3 is 9.73 Å². The molecule has 0 fully saturated rings. The Bertz CT molecular complexity index is 647. The van der Waals surface area contributed by atoms with E-state index in [4.69, 9.17) is 4.42 Å².